The summed E-state index contributed by atoms with van der Waals surface area (Å²) in [5, 5.41) is 0. The largest absolute Gasteiger partial charge is 0.501 e. The van der Waals surface area contributed by atoms with E-state index in [1.165, 1.54) is 6.07 Å². The first-order valence-corrected chi connectivity index (χ1v) is 7.23. The molecular formula is C11H3F12O2S. The van der Waals surface area contributed by atoms with E-state index in [-0.39, 0.29) is 6.07 Å². The first-order chi connectivity index (χ1) is 11.2. The van der Waals surface area contributed by atoms with Gasteiger partial charge in [-0.25, -0.2) is 12.8 Å². The van der Waals surface area contributed by atoms with Crippen LogP contribution in [0.25, 0.3) is 0 Å². The quantitative estimate of drug-likeness (QED) is 0.656. The summed E-state index contributed by atoms with van der Waals surface area (Å²) in [6.45, 7) is 0. The van der Waals surface area contributed by atoms with Gasteiger partial charge in [0.05, 0.1) is 4.90 Å². The van der Waals surface area contributed by atoms with Crippen LogP contribution in [0, 0.1) is 6.07 Å². The Bertz CT molecular complexity index is 774. The fourth-order valence-electron chi connectivity index (χ4n) is 1.66. The minimum absolute atomic E-state index is 0.166. The van der Waals surface area contributed by atoms with Crippen molar-refractivity contribution in [2.24, 2.45) is 0 Å². The van der Waals surface area contributed by atoms with Gasteiger partial charge in [-0.3, -0.25) is 0 Å². The molecule has 149 valence electrons. The van der Waals surface area contributed by atoms with Crippen LogP contribution < -0.4 is 0 Å². The second-order valence-corrected chi connectivity index (χ2v) is 6.53. The van der Waals surface area contributed by atoms with E-state index in [1.807, 2.05) is 0 Å². The summed E-state index contributed by atoms with van der Waals surface area (Å²) in [5.41, 5.74) is -15.4. The lowest BCUT2D eigenvalue weighted by Crippen LogP contribution is -2.59. The lowest BCUT2D eigenvalue weighted by molar-refractivity contribution is -0.389. The molecule has 0 aromatic heterocycles. The fourth-order valence-corrected chi connectivity index (χ4v) is 2.41. The number of benzene rings is 1. The summed E-state index contributed by atoms with van der Waals surface area (Å²) < 4.78 is 175. The highest BCUT2D eigenvalue weighted by atomic mass is 32.2. The van der Waals surface area contributed by atoms with Crippen molar-refractivity contribution in [1.29, 1.82) is 0 Å². The molecule has 1 aromatic rings. The van der Waals surface area contributed by atoms with Crippen molar-refractivity contribution in [1.82, 2.24) is 0 Å². The van der Waals surface area contributed by atoms with E-state index in [2.05, 4.69) is 0 Å². The molecular weight excluding hydrogens is 424 g/mol. The first kappa shape index (κ1) is 22.4. The second-order valence-electron chi connectivity index (χ2n) is 4.62. The van der Waals surface area contributed by atoms with E-state index in [4.69, 9.17) is 0 Å². The number of rotatable bonds is 3. The van der Waals surface area contributed by atoms with Crippen molar-refractivity contribution in [3.63, 3.8) is 0 Å². The minimum atomic E-state index is -7.15. The van der Waals surface area contributed by atoms with Crippen molar-refractivity contribution in [3.05, 3.63) is 29.8 Å². The molecule has 2 nitrogen and oxygen atoms in total. The summed E-state index contributed by atoms with van der Waals surface area (Å²) >= 11 is 0. The number of hydrogen-bond acceptors (Lipinski definition) is 2. The van der Waals surface area contributed by atoms with Crippen LogP contribution >= 0.6 is 0 Å². The molecule has 0 amide bonds. The Balaban J connectivity index is 3.82. The maximum Gasteiger partial charge on any atom is 0.501 e. The van der Waals surface area contributed by atoms with Gasteiger partial charge in [0.15, 0.2) is 0 Å². The third-order valence-corrected chi connectivity index (χ3v) is 4.37. The van der Waals surface area contributed by atoms with Gasteiger partial charge in [0, 0.05) is 11.6 Å². The number of hydrogen-bond donors (Lipinski definition) is 0. The van der Waals surface area contributed by atoms with Crippen molar-refractivity contribution in [3.8, 4) is 0 Å². The Morgan fingerprint density at radius 3 is 1.58 bits per heavy atom. The fraction of sp³-hybridized carbons (Fsp3) is 0.455. The lowest BCUT2D eigenvalue weighted by atomic mass is 9.88. The lowest BCUT2D eigenvalue weighted by Gasteiger charge is -2.36. The Labute approximate surface area is 136 Å². The predicted molar refractivity (Wildman–Crippen MR) is 58.4 cm³/mol. The van der Waals surface area contributed by atoms with E-state index in [0.717, 1.165) is 0 Å². The summed E-state index contributed by atoms with van der Waals surface area (Å²) in [7, 11) is -6.50. The van der Waals surface area contributed by atoms with E-state index in [0.29, 0.717) is 0 Å². The van der Waals surface area contributed by atoms with Crippen LogP contribution in [0.3, 0.4) is 0 Å². The van der Waals surface area contributed by atoms with E-state index in [9.17, 15) is 61.1 Å². The molecule has 0 saturated heterocycles. The van der Waals surface area contributed by atoms with E-state index < -0.39 is 61.9 Å². The zero-order valence-electron chi connectivity index (χ0n) is 11.5. The monoisotopic (exact) mass is 427 g/mol. The van der Waals surface area contributed by atoms with Crippen LogP contribution in [0.1, 0.15) is 5.56 Å². The molecule has 1 aromatic carbocycles. The van der Waals surface area contributed by atoms with Crippen LogP contribution in [0.2, 0.25) is 0 Å². The smallest absolute Gasteiger partial charge is 0.221 e. The standard InChI is InChI=1S/C11H3F12O2S/c12-7(9(15,16)17,8(13,14)10(18,19)20)5-2-1-3-6(4-5)26(24,25)11(21,22)23/h1-2,4H. The van der Waals surface area contributed by atoms with Gasteiger partial charge in [-0.1, -0.05) is 12.1 Å². The highest BCUT2D eigenvalue weighted by Crippen LogP contribution is 2.58. The third kappa shape index (κ3) is 3.20. The summed E-state index contributed by atoms with van der Waals surface area (Å²) in [6, 6.07) is -0.300. The van der Waals surface area contributed by atoms with Gasteiger partial charge >= 0.3 is 29.5 Å². The molecule has 1 radical (unpaired) electrons. The molecule has 15 heteroatoms. The Morgan fingerprint density at radius 2 is 1.23 bits per heavy atom. The number of halogens is 12. The molecule has 0 aliphatic rings. The van der Waals surface area contributed by atoms with Crippen molar-refractivity contribution < 1.29 is 61.1 Å². The van der Waals surface area contributed by atoms with Crippen molar-refractivity contribution >= 4 is 9.84 Å². The molecule has 0 heterocycles. The van der Waals surface area contributed by atoms with Crippen LogP contribution in [0.4, 0.5) is 52.7 Å². The Kier molecular flexibility index (Phi) is 5.09. The molecule has 1 unspecified atom stereocenters. The van der Waals surface area contributed by atoms with Gasteiger partial charge in [0.1, 0.15) is 0 Å². The first-order valence-electron chi connectivity index (χ1n) is 5.75. The zero-order chi connectivity index (χ0) is 21.0. The maximum absolute atomic E-state index is 14.1. The molecule has 1 atom stereocenters. The van der Waals surface area contributed by atoms with E-state index >= 15 is 0 Å². The average molecular weight is 427 g/mol. The van der Waals surface area contributed by atoms with Gasteiger partial charge in [-0.2, -0.15) is 48.3 Å². The topological polar surface area (TPSA) is 34.1 Å². The summed E-state index contributed by atoms with van der Waals surface area (Å²) in [6.07, 6.45) is -14.1. The summed E-state index contributed by atoms with van der Waals surface area (Å²) in [5.74, 6) is -7.15. The molecule has 26 heavy (non-hydrogen) atoms. The van der Waals surface area contributed by atoms with E-state index in [1.54, 1.807) is 0 Å². The third-order valence-electron chi connectivity index (χ3n) is 2.95. The average Bonchev–Trinajstić information content (AvgIpc) is 2.42. The van der Waals surface area contributed by atoms with Crippen LogP contribution in [-0.4, -0.2) is 32.2 Å². The van der Waals surface area contributed by atoms with Crippen molar-refractivity contribution in [2.75, 3.05) is 0 Å². The SMILES string of the molecule is O=S(=O)(c1[c]ccc(C(F)(C(F)(F)F)C(F)(F)C(F)(F)F)c1)C(F)(F)F. The number of sulfone groups is 1. The molecule has 0 aliphatic carbocycles. The zero-order valence-corrected chi connectivity index (χ0v) is 12.3. The molecule has 0 N–H and O–H groups in total. The normalized spacial score (nSPS) is 17.1. The highest BCUT2D eigenvalue weighted by molar-refractivity contribution is 7.92. The van der Waals surface area contributed by atoms with Crippen LogP contribution in [0.15, 0.2) is 23.1 Å². The minimum Gasteiger partial charge on any atom is -0.221 e. The van der Waals surface area contributed by atoms with Gasteiger partial charge in [-0.15, -0.1) is 0 Å². The van der Waals surface area contributed by atoms with Crippen LogP contribution in [-0.2, 0) is 15.5 Å². The maximum atomic E-state index is 14.1. The highest BCUT2D eigenvalue weighted by Gasteiger charge is 2.81. The van der Waals surface area contributed by atoms with Gasteiger partial charge in [-0.05, 0) is 6.07 Å². The van der Waals surface area contributed by atoms with Gasteiger partial charge in [0.25, 0.3) is 9.84 Å². The van der Waals surface area contributed by atoms with Crippen LogP contribution in [0.5, 0.6) is 0 Å². The summed E-state index contributed by atoms with van der Waals surface area (Å²) in [4.78, 5) is -2.27. The molecule has 1 rings (SSSR count). The van der Waals surface area contributed by atoms with Crippen molar-refractivity contribution in [2.45, 2.75) is 34.3 Å². The Morgan fingerprint density at radius 1 is 0.769 bits per heavy atom. The Hall–Kier alpha value is -1.67. The van der Waals surface area contributed by atoms with Gasteiger partial charge < -0.3 is 0 Å². The molecule has 0 saturated carbocycles. The molecule has 0 spiro atoms. The van der Waals surface area contributed by atoms with Gasteiger partial charge in [0.2, 0.25) is 0 Å². The predicted octanol–water partition coefficient (Wildman–Crippen LogP) is 4.70. The molecule has 0 aliphatic heterocycles. The molecule has 0 fully saturated rings. The number of alkyl halides is 12. The second kappa shape index (κ2) is 5.92. The molecule has 0 bridgehead atoms.